The Morgan fingerprint density at radius 1 is 1.14 bits per heavy atom. The number of nitrogens with one attached hydrogen (secondary N) is 1. The van der Waals surface area contributed by atoms with Crippen molar-refractivity contribution >= 4 is 56.7 Å². The molecule has 0 fully saturated rings. The van der Waals surface area contributed by atoms with Crippen molar-refractivity contribution in [1.82, 2.24) is 15.0 Å². The number of aromatic nitrogens is 3. The SMILES string of the molecule is CCN(CC)c1nc(Cl)nc(Nc2ccc(Br)cc2Cl)n1. The summed E-state index contributed by atoms with van der Waals surface area (Å²) in [5, 5.41) is 3.76. The second-order valence-electron chi connectivity index (χ2n) is 4.15. The van der Waals surface area contributed by atoms with E-state index < -0.39 is 0 Å². The van der Waals surface area contributed by atoms with Gasteiger partial charge >= 0.3 is 0 Å². The molecule has 0 amide bonds. The molecule has 8 heteroatoms. The fourth-order valence-electron chi connectivity index (χ4n) is 1.75. The molecule has 0 bridgehead atoms. The zero-order valence-corrected chi connectivity index (χ0v) is 14.7. The van der Waals surface area contributed by atoms with Gasteiger partial charge in [0.25, 0.3) is 0 Å². The molecule has 1 N–H and O–H groups in total. The molecule has 0 spiro atoms. The Morgan fingerprint density at radius 3 is 2.48 bits per heavy atom. The summed E-state index contributed by atoms with van der Waals surface area (Å²) in [4.78, 5) is 14.6. The number of anilines is 3. The lowest BCUT2D eigenvalue weighted by atomic mass is 10.3. The second-order valence-corrected chi connectivity index (χ2v) is 5.81. The highest BCUT2D eigenvalue weighted by Crippen LogP contribution is 2.28. The first-order chi connectivity index (χ1) is 10.0. The molecule has 2 aromatic rings. The first-order valence-corrected chi connectivity index (χ1v) is 7.97. The summed E-state index contributed by atoms with van der Waals surface area (Å²) in [5.74, 6) is 0.900. The molecule has 0 saturated heterocycles. The highest BCUT2D eigenvalue weighted by Gasteiger charge is 2.11. The molecular formula is C13H14BrCl2N5. The van der Waals surface area contributed by atoms with E-state index >= 15 is 0 Å². The summed E-state index contributed by atoms with van der Waals surface area (Å²) in [6, 6.07) is 5.50. The smallest absolute Gasteiger partial charge is 0.233 e. The number of nitrogens with zero attached hydrogens (tertiary/aromatic N) is 4. The van der Waals surface area contributed by atoms with Gasteiger partial charge in [0.2, 0.25) is 17.2 Å². The van der Waals surface area contributed by atoms with E-state index in [2.05, 4.69) is 36.2 Å². The number of rotatable bonds is 5. The normalized spacial score (nSPS) is 10.5. The first kappa shape index (κ1) is 16.3. The molecule has 0 aliphatic heterocycles. The maximum absolute atomic E-state index is 6.17. The Balaban J connectivity index is 2.31. The van der Waals surface area contributed by atoms with Crippen LogP contribution in [0.4, 0.5) is 17.6 Å². The van der Waals surface area contributed by atoms with Crippen LogP contribution in [0.3, 0.4) is 0 Å². The lowest BCUT2D eigenvalue weighted by molar-refractivity contribution is 0.814. The molecule has 0 atom stereocenters. The molecule has 0 aliphatic carbocycles. The Morgan fingerprint density at radius 2 is 1.86 bits per heavy atom. The van der Waals surface area contributed by atoms with Crippen LogP contribution in [0.25, 0.3) is 0 Å². The van der Waals surface area contributed by atoms with Crippen LogP contribution in [-0.4, -0.2) is 28.0 Å². The topological polar surface area (TPSA) is 53.9 Å². The van der Waals surface area contributed by atoms with Crippen molar-refractivity contribution in [2.75, 3.05) is 23.3 Å². The summed E-state index contributed by atoms with van der Waals surface area (Å²) in [6.45, 7) is 5.63. The van der Waals surface area contributed by atoms with Crippen molar-refractivity contribution in [1.29, 1.82) is 0 Å². The van der Waals surface area contributed by atoms with E-state index in [0.29, 0.717) is 22.6 Å². The van der Waals surface area contributed by atoms with E-state index in [1.165, 1.54) is 0 Å². The summed E-state index contributed by atoms with van der Waals surface area (Å²) in [5.41, 5.74) is 0.702. The van der Waals surface area contributed by atoms with Crippen LogP contribution in [0.2, 0.25) is 10.3 Å². The van der Waals surface area contributed by atoms with Crippen LogP contribution >= 0.6 is 39.1 Å². The van der Waals surface area contributed by atoms with Crippen LogP contribution in [0.5, 0.6) is 0 Å². The van der Waals surface area contributed by atoms with E-state index in [0.717, 1.165) is 17.6 Å². The van der Waals surface area contributed by atoms with Gasteiger partial charge in [0, 0.05) is 17.6 Å². The lowest BCUT2D eigenvalue weighted by Crippen LogP contribution is -2.24. The minimum absolute atomic E-state index is 0.141. The number of hydrogen-bond donors (Lipinski definition) is 1. The first-order valence-electron chi connectivity index (χ1n) is 6.42. The highest BCUT2D eigenvalue weighted by atomic mass is 79.9. The van der Waals surface area contributed by atoms with Crippen molar-refractivity contribution in [3.8, 4) is 0 Å². The average Bonchev–Trinajstić information content (AvgIpc) is 2.43. The predicted molar refractivity (Wildman–Crippen MR) is 90.8 cm³/mol. The molecular weight excluding hydrogens is 377 g/mol. The maximum atomic E-state index is 6.17. The van der Waals surface area contributed by atoms with Crippen molar-refractivity contribution in [3.05, 3.63) is 33.0 Å². The lowest BCUT2D eigenvalue weighted by Gasteiger charge is -2.19. The van der Waals surface area contributed by atoms with Gasteiger partial charge in [-0.2, -0.15) is 15.0 Å². The molecule has 1 aromatic carbocycles. The van der Waals surface area contributed by atoms with Gasteiger partial charge in [-0.25, -0.2) is 0 Å². The monoisotopic (exact) mass is 389 g/mol. The minimum Gasteiger partial charge on any atom is -0.341 e. The van der Waals surface area contributed by atoms with E-state index in [1.54, 1.807) is 6.07 Å². The van der Waals surface area contributed by atoms with Crippen LogP contribution in [0, 0.1) is 0 Å². The molecule has 0 aliphatic rings. The van der Waals surface area contributed by atoms with Crippen LogP contribution in [0.1, 0.15) is 13.8 Å². The van der Waals surface area contributed by atoms with E-state index in [4.69, 9.17) is 23.2 Å². The zero-order chi connectivity index (χ0) is 15.4. The minimum atomic E-state index is 0.141. The highest BCUT2D eigenvalue weighted by molar-refractivity contribution is 9.10. The molecule has 0 radical (unpaired) electrons. The molecule has 1 aromatic heterocycles. The Hall–Kier alpha value is -1.11. The summed E-state index contributed by atoms with van der Waals surface area (Å²) in [6.07, 6.45) is 0. The van der Waals surface area contributed by atoms with Gasteiger partial charge < -0.3 is 10.2 Å². The largest absolute Gasteiger partial charge is 0.341 e. The van der Waals surface area contributed by atoms with Crippen LogP contribution in [0.15, 0.2) is 22.7 Å². The summed E-state index contributed by atoms with van der Waals surface area (Å²) >= 11 is 15.5. The summed E-state index contributed by atoms with van der Waals surface area (Å²) < 4.78 is 0.899. The average molecular weight is 391 g/mol. The van der Waals surface area contributed by atoms with E-state index in [1.807, 2.05) is 30.9 Å². The summed E-state index contributed by atoms with van der Waals surface area (Å²) in [7, 11) is 0. The molecule has 1 heterocycles. The second kappa shape index (κ2) is 7.24. The number of hydrogen-bond acceptors (Lipinski definition) is 5. The van der Waals surface area contributed by atoms with E-state index in [9.17, 15) is 0 Å². The van der Waals surface area contributed by atoms with Crippen molar-refractivity contribution in [2.45, 2.75) is 13.8 Å². The van der Waals surface area contributed by atoms with Crippen molar-refractivity contribution < 1.29 is 0 Å². The zero-order valence-electron chi connectivity index (χ0n) is 11.6. The van der Waals surface area contributed by atoms with Gasteiger partial charge in [0.05, 0.1) is 10.7 Å². The van der Waals surface area contributed by atoms with Gasteiger partial charge in [0.1, 0.15) is 0 Å². The third kappa shape index (κ3) is 4.18. The molecule has 112 valence electrons. The van der Waals surface area contributed by atoms with Gasteiger partial charge in [-0.05, 0) is 43.6 Å². The predicted octanol–water partition coefficient (Wildman–Crippen LogP) is 4.53. The molecule has 0 unspecified atom stereocenters. The number of halogens is 3. The third-order valence-electron chi connectivity index (χ3n) is 2.82. The molecule has 2 rings (SSSR count). The quantitative estimate of drug-likeness (QED) is 0.812. The van der Waals surface area contributed by atoms with E-state index in [-0.39, 0.29) is 5.28 Å². The fraction of sp³-hybridized carbons (Fsp3) is 0.308. The van der Waals surface area contributed by atoms with Crippen LogP contribution < -0.4 is 10.2 Å². The Kier molecular flexibility index (Phi) is 5.61. The number of benzene rings is 1. The van der Waals surface area contributed by atoms with Gasteiger partial charge in [-0.1, -0.05) is 27.5 Å². The van der Waals surface area contributed by atoms with Crippen LogP contribution in [-0.2, 0) is 0 Å². The Labute approximate surface area is 141 Å². The van der Waals surface area contributed by atoms with Gasteiger partial charge in [0.15, 0.2) is 0 Å². The van der Waals surface area contributed by atoms with Crippen molar-refractivity contribution in [2.24, 2.45) is 0 Å². The van der Waals surface area contributed by atoms with Crippen molar-refractivity contribution in [3.63, 3.8) is 0 Å². The standard InChI is InChI=1S/C13H14BrCl2N5/c1-3-21(4-2)13-19-11(16)18-12(20-13)17-10-6-5-8(14)7-9(10)15/h5-7H,3-4H2,1-2H3,(H,17,18,19,20). The Bertz CT molecular complexity index is 634. The fourth-order valence-corrected chi connectivity index (χ4v) is 2.63. The third-order valence-corrected chi connectivity index (χ3v) is 3.80. The molecule has 21 heavy (non-hydrogen) atoms. The molecule has 0 saturated carbocycles. The maximum Gasteiger partial charge on any atom is 0.233 e. The molecule has 5 nitrogen and oxygen atoms in total. The van der Waals surface area contributed by atoms with Gasteiger partial charge in [-0.3, -0.25) is 0 Å². The van der Waals surface area contributed by atoms with Gasteiger partial charge in [-0.15, -0.1) is 0 Å².